The summed E-state index contributed by atoms with van der Waals surface area (Å²) in [6.45, 7) is 9.08. The lowest BCUT2D eigenvalue weighted by atomic mass is 9.92. The molecule has 7 aromatic carbocycles. The summed E-state index contributed by atoms with van der Waals surface area (Å²) in [4.78, 5) is 11.0. The highest BCUT2D eigenvalue weighted by Gasteiger charge is 2.18. The minimum absolute atomic E-state index is 0.594. The number of benzene rings is 7. The Morgan fingerprint density at radius 1 is 0.328 bits per heavy atom. The monoisotopic (exact) mass is 748 g/mol. The summed E-state index contributed by atoms with van der Waals surface area (Å²) in [6, 6.07) is 66.1. The molecule has 0 radical (unpaired) electrons. The lowest BCUT2D eigenvalue weighted by Gasteiger charge is -2.16. The molecule has 9 rings (SSSR count). The number of fused-ring (bicyclic) bond motifs is 3. The van der Waals surface area contributed by atoms with Crippen LogP contribution in [0.15, 0.2) is 182 Å². The first kappa shape index (κ1) is 37.0. The van der Waals surface area contributed by atoms with Crippen LogP contribution in [0.3, 0.4) is 0 Å². The van der Waals surface area contributed by atoms with E-state index in [1.54, 1.807) is 0 Å². The van der Waals surface area contributed by atoms with Crippen molar-refractivity contribution in [3.63, 3.8) is 0 Å². The molecule has 0 aliphatic heterocycles. The minimum Gasteiger partial charge on any atom is -0.245 e. The highest BCUT2D eigenvalue weighted by atomic mass is 14.8. The third-order valence-electron chi connectivity index (χ3n) is 11.2. The molecular formula is C56H48N2. The molecule has 0 fully saturated rings. The van der Waals surface area contributed by atoms with Crippen molar-refractivity contribution >= 4 is 21.8 Å². The molecule has 0 aliphatic carbocycles. The number of hydrogen-bond acceptors (Lipinski definition) is 2. The molecule has 2 aromatic heterocycles. The molecule has 0 saturated carbocycles. The highest BCUT2D eigenvalue weighted by molar-refractivity contribution is 6.13. The Bertz CT molecular complexity index is 2620. The van der Waals surface area contributed by atoms with Gasteiger partial charge in [-0.1, -0.05) is 198 Å². The van der Waals surface area contributed by atoms with E-state index in [1.165, 1.54) is 33.4 Å². The fourth-order valence-corrected chi connectivity index (χ4v) is 8.26. The maximum absolute atomic E-state index is 5.52. The zero-order valence-corrected chi connectivity index (χ0v) is 33.8. The molecule has 0 unspecified atom stereocenters. The van der Waals surface area contributed by atoms with Crippen LogP contribution in [0.2, 0.25) is 0 Å². The summed E-state index contributed by atoms with van der Waals surface area (Å²) in [5.41, 5.74) is 18.0. The Morgan fingerprint density at radius 2 is 0.638 bits per heavy atom. The van der Waals surface area contributed by atoms with E-state index in [1.807, 2.05) is 0 Å². The molecule has 0 bridgehead atoms. The van der Waals surface area contributed by atoms with Gasteiger partial charge in [-0.3, -0.25) is 0 Å². The van der Waals surface area contributed by atoms with Gasteiger partial charge in [-0.05, 0) is 92.4 Å². The predicted octanol–water partition coefficient (Wildman–Crippen LogP) is 15.2. The molecule has 9 aromatic rings. The van der Waals surface area contributed by atoms with E-state index in [-0.39, 0.29) is 0 Å². The molecule has 2 heterocycles. The third kappa shape index (κ3) is 7.71. The van der Waals surface area contributed by atoms with Crippen LogP contribution in [0.1, 0.15) is 38.8 Å². The molecule has 2 heteroatoms. The fourth-order valence-electron chi connectivity index (χ4n) is 8.26. The summed E-state index contributed by atoms with van der Waals surface area (Å²) in [6.07, 6.45) is 2.10. The average molecular weight is 749 g/mol. The Balaban J connectivity index is 1.27. The normalized spacial score (nSPS) is 11.6. The lowest BCUT2D eigenvalue weighted by Crippen LogP contribution is -1.97. The molecule has 282 valence electrons. The second kappa shape index (κ2) is 16.1. The molecule has 0 spiro atoms. The average Bonchev–Trinajstić information content (AvgIpc) is 3.26. The van der Waals surface area contributed by atoms with E-state index in [4.69, 9.17) is 9.97 Å². The van der Waals surface area contributed by atoms with Crippen molar-refractivity contribution < 1.29 is 0 Å². The fraction of sp³-hybridized carbons (Fsp3) is 0.143. The Morgan fingerprint density at radius 3 is 0.983 bits per heavy atom. The van der Waals surface area contributed by atoms with Gasteiger partial charge in [0.1, 0.15) is 0 Å². The molecule has 2 nitrogen and oxygen atoms in total. The number of rotatable bonds is 10. The first-order valence-corrected chi connectivity index (χ1v) is 20.6. The molecule has 0 aliphatic rings. The van der Waals surface area contributed by atoms with Crippen molar-refractivity contribution in [3.05, 3.63) is 193 Å². The maximum Gasteiger partial charge on any atom is 0.0978 e. The Hall–Kier alpha value is -6.64. The van der Waals surface area contributed by atoms with Crippen molar-refractivity contribution in [2.24, 2.45) is 11.8 Å². The van der Waals surface area contributed by atoms with E-state index in [0.29, 0.717) is 11.8 Å². The van der Waals surface area contributed by atoms with E-state index >= 15 is 0 Å². The van der Waals surface area contributed by atoms with Gasteiger partial charge >= 0.3 is 0 Å². The summed E-state index contributed by atoms with van der Waals surface area (Å²) in [5.74, 6) is 1.19. The van der Waals surface area contributed by atoms with E-state index in [0.717, 1.165) is 79.4 Å². The topological polar surface area (TPSA) is 25.8 Å². The van der Waals surface area contributed by atoms with Crippen molar-refractivity contribution in [2.45, 2.75) is 40.5 Å². The molecule has 0 N–H and O–H groups in total. The van der Waals surface area contributed by atoms with Crippen LogP contribution in [0.5, 0.6) is 0 Å². The van der Waals surface area contributed by atoms with E-state index < -0.39 is 0 Å². The van der Waals surface area contributed by atoms with E-state index in [2.05, 4.69) is 210 Å². The lowest BCUT2D eigenvalue weighted by molar-refractivity contribution is 0.647. The van der Waals surface area contributed by atoms with Gasteiger partial charge < -0.3 is 0 Å². The van der Waals surface area contributed by atoms with Crippen LogP contribution in [-0.4, -0.2) is 9.97 Å². The van der Waals surface area contributed by atoms with Crippen molar-refractivity contribution in [1.29, 1.82) is 0 Å². The first-order valence-electron chi connectivity index (χ1n) is 20.6. The van der Waals surface area contributed by atoms with E-state index in [9.17, 15) is 0 Å². The van der Waals surface area contributed by atoms with Gasteiger partial charge in [0, 0.05) is 21.9 Å². The standard InChI is InChI=1S/C56H48N2/c1-37(2)33-39-15-19-47(20-16-39)53-35-51(45-27-23-43(24-28-45)41-11-7-5-8-12-41)49-31-32-50-52(46-29-25-44(26-30-46)42-13-9-6-10-14-42)36-54(58-56(50)55(49)57-53)48-21-17-40(18-22-48)34-38(3)4/h5-32,35-38H,33-34H2,1-4H3. The van der Waals surface area contributed by atoms with Crippen LogP contribution >= 0.6 is 0 Å². The van der Waals surface area contributed by atoms with Gasteiger partial charge in [0.15, 0.2) is 0 Å². The summed E-state index contributed by atoms with van der Waals surface area (Å²) in [5, 5.41) is 2.17. The van der Waals surface area contributed by atoms with Gasteiger partial charge in [-0.2, -0.15) is 0 Å². The quantitative estimate of drug-likeness (QED) is 0.130. The summed E-state index contributed by atoms with van der Waals surface area (Å²) >= 11 is 0. The van der Waals surface area contributed by atoms with Gasteiger partial charge in [0.05, 0.1) is 22.4 Å². The summed E-state index contributed by atoms with van der Waals surface area (Å²) < 4.78 is 0. The van der Waals surface area contributed by atoms with Crippen LogP contribution in [0.25, 0.3) is 88.8 Å². The summed E-state index contributed by atoms with van der Waals surface area (Å²) in [7, 11) is 0. The van der Waals surface area contributed by atoms with Crippen molar-refractivity contribution in [1.82, 2.24) is 9.97 Å². The second-order valence-corrected chi connectivity index (χ2v) is 16.4. The number of pyridine rings is 2. The van der Waals surface area contributed by atoms with Crippen LogP contribution < -0.4 is 0 Å². The number of aromatic nitrogens is 2. The Labute approximate surface area is 342 Å². The molecule has 0 amide bonds. The molecule has 0 saturated heterocycles. The number of hydrogen-bond donors (Lipinski definition) is 0. The minimum atomic E-state index is 0.594. The smallest absolute Gasteiger partial charge is 0.0978 e. The third-order valence-corrected chi connectivity index (χ3v) is 11.2. The van der Waals surface area contributed by atoms with Gasteiger partial charge in [0.25, 0.3) is 0 Å². The van der Waals surface area contributed by atoms with Gasteiger partial charge in [0.2, 0.25) is 0 Å². The van der Waals surface area contributed by atoms with Crippen molar-refractivity contribution in [3.8, 4) is 67.0 Å². The zero-order valence-electron chi connectivity index (χ0n) is 33.8. The predicted molar refractivity (Wildman–Crippen MR) is 247 cm³/mol. The van der Waals surface area contributed by atoms with Crippen LogP contribution in [0.4, 0.5) is 0 Å². The highest BCUT2D eigenvalue weighted by Crippen LogP contribution is 2.40. The molecule has 58 heavy (non-hydrogen) atoms. The van der Waals surface area contributed by atoms with Crippen LogP contribution in [0, 0.1) is 11.8 Å². The zero-order chi connectivity index (χ0) is 39.6. The number of nitrogens with zero attached hydrogens (tertiary/aromatic N) is 2. The van der Waals surface area contributed by atoms with Gasteiger partial charge in [-0.15, -0.1) is 0 Å². The SMILES string of the molecule is CC(C)Cc1ccc(-c2cc(-c3ccc(-c4ccccc4)cc3)c3ccc4c(-c5ccc(-c6ccccc6)cc5)cc(-c5ccc(CC(C)C)cc5)nc4c3n2)cc1. The maximum atomic E-state index is 5.52. The van der Waals surface area contributed by atoms with Crippen LogP contribution in [-0.2, 0) is 12.8 Å². The Kier molecular flexibility index (Phi) is 10.2. The second-order valence-electron chi connectivity index (χ2n) is 16.4. The van der Waals surface area contributed by atoms with Crippen molar-refractivity contribution in [2.75, 3.05) is 0 Å². The van der Waals surface area contributed by atoms with Gasteiger partial charge in [-0.25, -0.2) is 9.97 Å². The first-order chi connectivity index (χ1) is 28.4. The largest absolute Gasteiger partial charge is 0.245 e. The molecule has 0 atom stereocenters. The molecular weight excluding hydrogens is 701 g/mol.